The summed E-state index contributed by atoms with van der Waals surface area (Å²) in [5.74, 6) is 0.939. The van der Waals surface area contributed by atoms with Crippen LogP contribution in [0.3, 0.4) is 0 Å². The van der Waals surface area contributed by atoms with Gasteiger partial charge < -0.3 is 26.9 Å². The molecule has 1 saturated heterocycles. The Kier molecular flexibility index (Phi) is 6.19. The number of benzene rings is 1. The fourth-order valence-electron chi connectivity index (χ4n) is 3.70. The van der Waals surface area contributed by atoms with Crippen LogP contribution in [0, 0.1) is 6.42 Å². The summed E-state index contributed by atoms with van der Waals surface area (Å²) in [6.45, 7) is 4.54. The van der Waals surface area contributed by atoms with Crippen LogP contribution in [0.5, 0.6) is 0 Å². The van der Waals surface area contributed by atoms with E-state index in [1.54, 1.807) is 0 Å². The monoisotopic (exact) mass is 630 g/mol. The number of hydrogen-bond donors (Lipinski definition) is 2. The molecule has 0 unspecified atom stereocenters. The average Bonchev–Trinajstić information content (AvgIpc) is 3.05. The zero-order chi connectivity index (χ0) is 18.5. The summed E-state index contributed by atoms with van der Waals surface area (Å²) in [6, 6.07) is 14.8. The number of hydrogen-bond acceptors (Lipinski definition) is 5. The van der Waals surface area contributed by atoms with Crippen molar-refractivity contribution in [2.24, 2.45) is 5.73 Å². The van der Waals surface area contributed by atoms with Crippen molar-refractivity contribution in [1.29, 1.82) is 0 Å². The van der Waals surface area contributed by atoms with E-state index in [0.29, 0.717) is 19.1 Å². The number of rotatable bonds is 7. The fraction of sp³-hybridized carbons (Fsp3) is 0.381. The number of pyridine rings is 1. The zero-order valence-electron chi connectivity index (χ0n) is 16.3. The minimum absolute atomic E-state index is 0. The number of para-hydroxylation sites is 2. The van der Waals surface area contributed by atoms with Gasteiger partial charge in [0.1, 0.15) is 0 Å². The Balaban J connectivity index is 0.00000225. The molecule has 0 atom stereocenters. The van der Waals surface area contributed by atoms with Crippen molar-refractivity contribution < 1.29 is 0 Å². The zero-order valence-corrected chi connectivity index (χ0v) is 22.7. The van der Waals surface area contributed by atoms with Crippen molar-refractivity contribution in [1.82, 2.24) is 19.4 Å². The van der Waals surface area contributed by atoms with Crippen molar-refractivity contribution >= 4 is 17.0 Å². The third kappa shape index (κ3) is 4.27. The van der Waals surface area contributed by atoms with Crippen LogP contribution in [0.15, 0.2) is 48.7 Å². The van der Waals surface area contributed by atoms with Gasteiger partial charge in [-0.3, -0.25) is 4.98 Å². The van der Waals surface area contributed by atoms with E-state index in [4.69, 9.17) is 10.7 Å². The minimum Gasteiger partial charge on any atom is -0.360 e. The van der Waals surface area contributed by atoms with Crippen molar-refractivity contribution in [2.45, 2.75) is 25.4 Å². The van der Waals surface area contributed by atoms with Crippen LogP contribution in [-0.4, -0.2) is 51.7 Å². The van der Waals surface area contributed by atoms with Crippen LogP contribution in [0.2, 0.25) is 0 Å². The molecule has 7 heteroatoms. The van der Waals surface area contributed by atoms with Gasteiger partial charge in [0.05, 0.1) is 23.3 Å². The first-order valence-corrected chi connectivity index (χ1v) is 9.69. The largest absolute Gasteiger partial charge is 0.360 e. The molecule has 1 aliphatic rings. The summed E-state index contributed by atoms with van der Waals surface area (Å²) >= 11 is 0. The predicted molar refractivity (Wildman–Crippen MR) is 110 cm³/mol. The number of nitrogens with two attached hydrogens (primary N) is 1. The first-order valence-electron chi connectivity index (χ1n) is 9.69. The fourth-order valence-corrected chi connectivity index (χ4v) is 3.70. The van der Waals surface area contributed by atoms with Gasteiger partial charge in [-0.15, -0.1) is 13.1 Å². The molecular formula is C21H27N6Rf-. The summed E-state index contributed by atoms with van der Waals surface area (Å²) in [5, 5.41) is 3.70. The van der Waals surface area contributed by atoms with Gasteiger partial charge in [0.2, 0.25) is 5.95 Å². The van der Waals surface area contributed by atoms with Gasteiger partial charge in [0.15, 0.2) is 0 Å². The van der Waals surface area contributed by atoms with E-state index in [1.807, 2.05) is 24.4 Å². The molecule has 2 aromatic heterocycles. The maximum atomic E-state index is 5.58. The number of piperidine rings is 1. The Morgan fingerprint density at radius 2 is 1.89 bits per heavy atom. The average molecular weight is 630 g/mol. The number of nitrogens with zero attached hydrogens (tertiary/aromatic N) is 4. The van der Waals surface area contributed by atoms with Crippen LogP contribution >= 0.6 is 0 Å². The van der Waals surface area contributed by atoms with Gasteiger partial charge in [0, 0.05) is 12.2 Å². The van der Waals surface area contributed by atoms with Crippen LogP contribution < -0.4 is 11.1 Å². The first-order chi connectivity index (χ1) is 13.3. The Hall–Kier alpha value is -3.44. The Bertz CT molecular complexity index is 858. The maximum Gasteiger partial charge on any atom is 0.204 e. The number of anilines is 1. The molecule has 0 aliphatic carbocycles. The molecule has 0 bridgehead atoms. The summed E-state index contributed by atoms with van der Waals surface area (Å²) in [6.07, 6.45) is 6.21. The van der Waals surface area contributed by atoms with Crippen molar-refractivity contribution in [2.75, 3.05) is 31.5 Å². The van der Waals surface area contributed by atoms with Gasteiger partial charge in [-0.25, -0.2) is 4.98 Å². The Morgan fingerprint density at radius 1 is 1.11 bits per heavy atom. The third-order valence-electron chi connectivity index (χ3n) is 5.18. The number of fused-ring (bicyclic) bond motifs is 1. The van der Waals surface area contributed by atoms with Crippen molar-refractivity contribution in [3.05, 3.63) is 60.8 Å². The summed E-state index contributed by atoms with van der Waals surface area (Å²) in [5.41, 5.74) is 8.78. The Labute approximate surface area is 160 Å². The predicted octanol–water partition coefficient (Wildman–Crippen LogP) is 2.52. The van der Waals surface area contributed by atoms with Gasteiger partial charge in [-0.05, 0) is 50.2 Å². The van der Waals surface area contributed by atoms with Crippen LogP contribution in [0.1, 0.15) is 18.5 Å². The molecule has 0 radical (unpaired) electrons. The number of aromatic nitrogens is 3. The van der Waals surface area contributed by atoms with Gasteiger partial charge in [-0.2, -0.15) is 0 Å². The van der Waals surface area contributed by atoms with E-state index in [9.17, 15) is 0 Å². The molecule has 6 nitrogen and oxygen atoms in total. The molecule has 1 fully saturated rings. The van der Waals surface area contributed by atoms with Crippen molar-refractivity contribution in [3.8, 4) is 0 Å². The molecule has 4 rings (SSSR count). The maximum absolute atomic E-state index is 5.58. The second kappa shape index (κ2) is 8.97. The van der Waals surface area contributed by atoms with E-state index in [0.717, 1.165) is 55.2 Å². The second-order valence-electron chi connectivity index (χ2n) is 7.07. The standard InChI is InChI=1S/C21H27N6.Rf/c22-11-5-13-26-14-9-17(10-15-26)24-21-25-19-7-1-2-8-20(19)27(21)16-18-6-3-4-12-23-18;/h1-8,12,17H,9-11,13-16,22H2,(H,24,25);/q-1;. The van der Waals surface area contributed by atoms with Crippen LogP contribution in [-0.2, 0) is 6.54 Å². The Morgan fingerprint density at radius 3 is 2.64 bits per heavy atom. The summed E-state index contributed by atoms with van der Waals surface area (Å²) in [4.78, 5) is 11.8. The van der Waals surface area contributed by atoms with Crippen molar-refractivity contribution in [3.63, 3.8) is 0 Å². The van der Waals surface area contributed by atoms with Gasteiger partial charge >= 0.3 is 0 Å². The van der Waals surface area contributed by atoms with E-state index < -0.39 is 0 Å². The second-order valence-corrected chi connectivity index (χ2v) is 7.07. The smallest absolute Gasteiger partial charge is 0.204 e. The van der Waals surface area contributed by atoms with Crippen LogP contribution in [0.25, 0.3) is 11.0 Å². The topological polar surface area (TPSA) is 72.0 Å². The quantitative estimate of drug-likeness (QED) is 0.393. The summed E-state index contributed by atoms with van der Waals surface area (Å²) < 4.78 is 2.24. The number of nitrogens with one attached hydrogen (secondary N) is 1. The molecule has 1 aliphatic heterocycles. The molecule has 0 amide bonds. The third-order valence-corrected chi connectivity index (χ3v) is 5.18. The van der Waals surface area contributed by atoms with E-state index in [2.05, 4.69) is 50.5 Å². The normalized spacial score (nSPS) is 15.5. The molecule has 3 heterocycles. The molecule has 0 saturated carbocycles. The van der Waals surface area contributed by atoms with Gasteiger partial charge in [-0.1, -0.05) is 18.2 Å². The SMILES string of the molecule is NC[CH-]CN1CCC(Nc2nc3ccccc3n2Cc2ccccn2)CC1.[Rf]. The number of imidazole rings is 1. The minimum atomic E-state index is 0. The molecule has 28 heavy (non-hydrogen) atoms. The first kappa shape index (κ1) is 19.3. The molecule has 0 spiro atoms. The molecule has 3 aromatic rings. The molecular weight excluding hydrogens is 603 g/mol. The van der Waals surface area contributed by atoms with Gasteiger partial charge in [0.25, 0.3) is 0 Å². The summed E-state index contributed by atoms with van der Waals surface area (Å²) in [7, 11) is 0. The molecule has 144 valence electrons. The molecule has 1 aromatic carbocycles. The van der Waals surface area contributed by atoms with E-state index in [-0.39, 0.29) is 0 Å². The molecule has 3 N–H and O–H groups in total. The van der Waals surface area contributed by atoms with E-state index in [1.165, 1.54) is 0 Å². The number of likely N-dealkylation sites (tertiary alicyclic amines) is 1. The van der Waals surface area contributed by atoms with E-state index >= 15 is 0 Å². The van der Waals surface area contributed by atoms with Crippen LogP contribution in [0.4, 0.5) is 5.95 Å².